The molecule has 1 aromatic carbocycles. The molecule has 0 fully saturated rings. The van der Waals surface area contributed by atoms with Gasteiger partial charge in [0.1, 0.15) is 5.82 Å². The SMILES string of the molecule is CCN(CC)c1cc(C)nc(Nc2ccc(NC(=O)/C=C/c3cccs3)cc2)n1. The van der Waals surface area contributed by atoms with Crippen molar-refractivity contribution in [2.24, 2.45) is 0 Å². The predicted molar refractivity (Wildman–Crippen MR) is 122 cm³/mol. The summed E-state index contributed by atoms with van der Waals surface area (Å²) < 4.78 is 0. The van der Waals surface area contributed by atoms with Gasteiger partial charge in [-0.25, -0.2) is 4.98 Å². The van der Waals surface area contributed by atoms with Crippen LogP contribution in [0.3, 0.4) is 0 Å². The van der Waals surface area contributed by atoms with Crippen LogP contribution < -0.4 is 15.5 Å². The van der Waals surface area contributed by atoms with Crippen LogP contribution in [-0.4, -0.2) is 29.0 Å². The molecule has 0 bridgehead atoms. The van der Waals surface area contributed by atoms with Crippen LogP contribution in [0.25, 0.3) is 6.08 Å². The summed E-state index contributed by atoms with van der Waals surface area (Å²) in [6, 6.07) is 13.4. The van der Waals surface area contributed by atoms with Gasteiger partial charge in [-0.3, -0.25) is 4.79 Å². The minimum atomic E-state index is -0.162. The van der Waals surface area contributed by atoms with E-state index in [1.165, 1.54) is 6.08 Å². The molecule has 0 unspecified atom stereocenters. The first-order valence-electron chi connectivity index (χ1n) is 9.57. The van der Waals surface area contributed by atoms with Crippen LogP contribution in [0.4, 0.5) is 23.1 Å². The van der Waals surface area contributed by atoms with Gasteiger partial charge in [-0.05, 0) is 62.6 Å². The smallest absolute Gasteiger partial charge is 0.248 e. The second-order valence-corrected chi connectivity index (χ2v) is 7.38. The molecule has 0 aliphatic carbocycles. The third-order valence-corrected chi connectivity index (χ3v) is 5.12. The molecule has 3 rings (SSSR count). The van der Waals surface area contributed by atoms with Crippen LogP contribution in [0.1, 0.15) is 24.4 Å². The van der Waals surface area contributed by atoms with Crippen molar-refractivity contribution < 1.29 is 4.79 Å². The Kier molecular flexibility index (Phi) is 6.97. The summed E-state index contributed by atoms with van der Waals surface area (Å²) in [7, 11) is 0. The lowest BCUT2D eigenvalue weighted by atomic mass is 10.2. The van der Waals surface area contributed by atoms with Gasteiger partial charge in [0, 0.05) is 47.2 Å². The average molecular weight is 408 g/mol. The molecule has 1 amide bonds. The van der Waals surface area contributed by atoms with Gasteiger partial charge in [0.05, 0.1) is 0 Å². The number of thiophene rings is 1. The van der Waals surface area contributed by atoms with Gasteiger partial charge < -0.3 is 15.5 Å². The van der Waals surface area contributed by atoms with Crippen molar-refractivity contribution in [1.82, 2.24) is 9.97 Å². The fourth-order valence-electron chi connectivity index (χ4n) is 2.81. The largest absolute Gasteiger partial charge is 0.357 e. The zero-order valence-corrected chi connectivity index (χ0v) is 17.7. The summed E-state index contributed by atoms with van der Waals surface area (Å²) >= 11 is 1.59. The lowest BCUT2D eigenvalue weighted by Gasteiger charge is -2.20. The molecule has 0 atom stereocenters. The molecule has 3 aromatic rings. The number of hydrogen-bond acceptors (Lipinski definition) is 6. The molecule has 2 N–H and O–H groups in total. The molecule has 0 saturated heterocycles. The monoisotopic (exact) mass is 407 g/mol. The molecule has 150 valence electrons. The number of nitrogens with zero attached hydrogens (tertiary/aromatic N) is 3. The number of benzene rings is 1. The molecule has 0 spiro atoms. The summed E-state index contributed by atoms with van der Waals surface area (Å²) in [6.07, 6.45) is 3.34. The maximum atomic E-state index is 12.0. The number of carbonyl (C=O) groups excluding carboxylic acids is 1. The minimum Gasteiger partial charge on any atom is -0.357 e. The van der Waals surface area contributed by atoms with E-state index in [2.05, 4.69) is 39.3 Å². The summed E-state index contributed by atoms with van der Waals surface area (Å²) in [5, 5.41) is 8.07. The summed E-state index contributed by atoms with van der Waals surface area (Å²) in [5.41, 5.74) is 2.49. The lowest BCUT2D eigenvalue weighted by molar-refractivity contribution is -0.111. The van der Waals surface area contributed by atoms with Crippen molar-refractivity contribution in [2.75, 3.05) is 28.6 Å². The minimum absolute atomic E-state index is 0.162. The van der Waals surface area contributed by atoms with Crippen molar-refractivity contribution in [2.45, 2.75) is 20.8 Å². The molecule has 2 aromatic heterocycles. The number of carbonyl (C=O) groups is 1. The van der Waals surface area contributed by atoms with E-state index in [0.717, 1.165) is 40.9 Å². The fraction of sp³-hybridized carbons (Fsp3) is 0.227. The maximum Gasteiger partial charge on any atom is 0.248 e. The normalized spacial score (nSPS) is 10.9. The topological polar surface area (TPSA) is 70.2 Å². The first kappa shape index (κ1) is 20.5. The number of amides is 1. The van der Waals surface area contributed by atoms with Crippen LogP contribution in [0.15, 0.2) is 53.9 Å². The van der Waals surface area contributed by atoms with Gasteiger partial charge in [-0.15, -0.1) is 11.3 Å². The van der Waals surface area contributed by atoms with Crippen LogP contribution in [0.5, 0.6) is 0 Å². The molecular weight excluding hydrogens is 382 g/mol. The second kappa shape index (κ2) is 9.84. The third-order valence-electron chi connectivity index (χ3n) is 4.28. The molecule has 7 heteroatoms. The maximum absolute atomic E-state index is 12.0. The van der Waals surface area contributed by atoms with Crippen molar-refractivity contribution in [3.8, 4) is 0 Å². The van der Waals surface area contributed by atoms with Crippen molar-refractivity contribution >= 4 is 46.5 Å². The zero-order chi connectivity index (χ0) is 20.6. The lowest BCUT2D eigenvalue weighted by Crippen LogP contribution is -2.23. The third kappa shape index (κ3) is 5.89. The Morgan fingerprint density at radius 3 is 2.48 bits per heavy atom. The summed E-state index contributed by atoms with van der Waals surface area (Å²) in [5.74, 6) is 1.30. The van der Waals surface area contributed by atoms with Gasteiger partial charge in [0.2, 0.25) is 11.9 Å². The molecule has 0 aliphatic heterocycles. The van der Waals surface area contributed by atoms with Gasteiger partial charge in [-0.1, -0.05) is 6.07 Å². The number of rotatable bonds is 8. The van der Waals surface area contributed by atoms with E-state index >= 15 is 0 Å². The number of aryl methyl sites for hydroxylation is 1. The van der Waals surface area contributed by atoms with E-state index in [0.29, 0.717) is 5.95 Å². The first-order valence-corrected chi connectivity index (χ1v) is 10.5. The van der Waals surface area contributed by atoms with E-state index in [-0.39, 0.29) is 5.91 Å². The molecule has 6 nitrogen and oxygen atoms in total. The van der Waals surface area contributed by atoms with Gasteiger partial charge in [-0.2, -0.15) is 4.98 Å². The molecule has 0 aliphatic rings. The number of hydrogen-bond donors (Lipinski definition) is 2. The molecule has 0 saturated carbocycles. The Bertz CT molecular complexity index is 963. The van der Waals surface area contributed by atoms with Crippen molar-refractivity contribution in [3.63, 3.8) is 0 Å². The zero-order valence-electron chi connectivity index (χ0n) is 16.8. The summed E-state index contributed by atoms with van der Waals surface area (Å²) in [4.78, 5) is 24.4. The standard InChI is InChI=1S/C22H25N5OS/c1-4-27(5-2)20-15-16(3)23-22(26-20)25-18-10-8-17(9-11-18)24-21(28)13-12-19-7-6-14-29-19/h6-15H,4-5H2,1-3H3,(H,24,28)(H,23,25,26)/b13-12+. The van der Waals surface area contributed by atoms with Gasteiger partial charge in [0.15, 0.2) is 0 Å². The van der Waals surface area contributed by atoms with E-state index in [1.807, 2.05) is 54.8 Å². The summed E-state index contributed by atoms with van der Waals surface area (Å²) in [6.45, 7) is 7.96. The van der Waals surface area contributed by atoms with Gasteiger partial charge >= 0.3 is 0 Å². The Morgan fingerprint density at radius 2 is 1.83 bits per heavy atom. The first-order chi connectivity index (χ1) is 14.1. The molecule has 0 radical (unpaired) electrons. The number of anilines is 4. The molecule has 2 heterocycles. The highest BCUT2D eigenvalue weighted by Gasteiger charge is 2.08. The van der Waals surface area contributed by atoms with Gasteiger partial charge in [0.25, 0.3) is 0 Å². The number of aromatic nitrogens is 2. The second-order valence-electron chi connectivity index (χ2n) is 6.40. The van der Waals surface area contributed by atoms with Crippen molar-refractivity contribution in [1.29, 1.82) is 0 Å². The van der Waals surface area contributed by atoms with Crippen molar-refractivity contribution in [3.05, 3.63) is 64.5 Å². The van der Waals surface area contributed by atoms with E-state index in [9.17, 15) is 4.79 Å². The van der Waals surface area contributed by atoms with E-state index < -0.39 is 0 Å². The molecular formula is C22H25N5OS. The van der Waals surface area contributed by atoms with E-state index in [1.54, 1.807) is 17.4 Å². The quantitative estimate of drug-likeness (QED) is 0.509. The number of nitrogens with one attached hydrogen (secondary N) is 2. The van der Waals surface area contributed by atoms with Crippen LogP contribution >= 0.6 is 11.3 Å². The predicted octanol–water partition coefficient (Wildman–Crippen LogP) is 5.09. The fourth-order valence-corrected chi connectivity index (χ4v) is 3.43. The Morgan fingerprint density at radius 1 is 1.10 bits per heavy atom. The Balaban J connectivity index is 1.64. The highest BCUT2D eigenvalue weighted by molar-refractivity contribution is 7.10. The van der Waals surface area contributed by atoms with E-state index in [4.69, 9.17) is 0 Å². The van der Waals surface area contributed by atoms with Crippen LogP contribution in [-0.2, 0) is 4.79 Å². The Hall–Kier alpha value is -3.19. The molecule has 29 heavy (non-hydrogen) atoms. The average Bonchev–Trinajstić information content (AvgIpc) is 3.22. The highest BCUT2D eigenvalue weighted by Crippen LogP contribution is 2.20. The van der Waals surface area contributed by atoms with Crippen LogP contribution in [0, 0.1) is 6.92 Å². The van der Waals surface area contributed by atoms with Crippen LogP contribution in [0.2, 0.25) is 0 Å². The highest BCUT2D eigenvalue weighted by atomic mass is 32.1. The Labute approximate surface area is 175 Å².